The van der Waals surface area contributed by atoms with Crippen molar-refractivity contribution in [3.8, 4) is 0 Å². The minimum Gasteiger partial charge on any atom is -0.394 e. The second-order valence-corrected chi connectivity index (χ2v) is 26.8. The van der Waals surface area contributed by atoms with Crippen molar-refractivity contribution in [2.24, 2.45) is 0 Å². The quantitative estimate of drug-likeness (QED) is 0.0199. The van der Waals surface area contributed by atoms with E-state index in [0.717, 1.165) is 38.5 Å². The van der Waals surface area contributed by atoms with Crippen molar-refractivity contribution in [3.05, 3.63) is 24.3 Å². The summed E-state index contributed by atoms with van der Waals surface area (Å²) in [5.41, 5.74) is 0. The highest BCUT2D eigenvalue weighted by molar-refractivity contribution is 5.76. The van der Waals surface area contributed by atoms with Crippen LogP contribution in [-0.4, -0.2) is 193 Å². The Morgan fingerprint density at radius 2 is 0.703 bits per heavy atom. The van der Waals surface area contributed by atoms with Gasteiger partial charge in [0.2, 0.25) is 5.91 Å². The molecular formula is C72H135NO18. The lowest BCUT2D eigenvalue weighted by atomic mass is 9.96. The number of hydrogen-bond acceptors (Lipinski definition) is 18. The van der Waals surface area contributed by atoms with Crippen LogP contribution in [0.1, 0.15) is 296 Å². The lowest BCUT2D eigenvalue weighted by Gasteiger charge is -2.48. The molecule has 0 bridgehead atoms. The van der Waals surface area contributed by atoms with Gasteiger partial charge < -0.3 is 89.9 Å². The Kier molecular flexibility index (Phi) is 49.8. The molecule has 0 aromatic rings. The molecular weight excluding hydrogens is 1170 g/mol. The van der Waals surface area contributed by atoms with Crippen LogP contribution in [0, 0.1) is 0 Å². The van der Waals surface area contributed by atoms with E-state index in [4.69, 9.17) is 28.4 Å². The van der Waals surface area contributed by atoms with Crippen LogP contribution in [0.25, 0.3) is 0 Å². The number of unbranched alkanes of at least 4 members (excludes halogenated alkanes) is 40. The molecule has 0 spiro atoms. The fourth-order valence-corrected chi connectivity index (χ4v) is 12.7. The van der Waals surface area contributed by atoms with Crippen molar-refractivity contribution >= 4 is 5.91 Å². The molecule has 19 nitrogen and oxygen atoms in total. The molecule has 3 fully saturated rings. The van der Waals surface area contributed by atoms with Crippen molar-refractivity contribution in [2.75, 3.05) is 26.4 Å². The molecule has 91 heavy (non-hydrogen) atoms. The number of ether oxygens (including phenoxy) is 6. The van der Waals surface area contributed by atoms with Gasteiger partial charge in [0.15, 0.2) is 18.9 Å². The number of allylic oxidation sites excluding steroid dienone is 3. The molecule has 3 rings (SSSR count). The number of nitrogens with one attached hydrogen (secondary N) is 1. The number of rotatable bonds is 58. The van der Waals surface area contributed by atoms with Gasteiger partial charge in [0.25, 0.3) is 0 Å². The average molecular weight is 1300 g/mol. The largest absolute Gasteiger partial charge is 0.394 e. The van der Waals surface area contributed by atoms with Crippen LogP contribution in [0.15, 0.2) is 24.3 Å². The van der Waals surface area contributed by atoms with Crippen molar-refractivity contribution in [1.82, 2.24) is 5.32 Å². The Labute approximate surface area is 549 Å². The highest BCUT2D eigenvalue weighted by Crippen LogP contribution is 2.33. The van der Waals surface area contributed by atoms with Crippen LogP contribution in [0.2, 0.25) is 0 Å². The molecule has 536 valence electrons. The zero-order valence-corrected chi connectivity index (χ0v) is 56.8. The summed E-state index contributed by atoms with van der Waals surface area (Å²) in [5.74, 6) is -0.279. The SMILES string of the molecule is CCCCCCCCCCCCCCCCCCCCCCC/C=C/CC/C=C/C(O)C(COC1OC(CO)C(OC2OC(CO)C(OC3OC(CO)C(O)C(O)C3O)C(O)C2O)C(O)C1O)NC(=O)CCCCCCCCCCCCCCCCCCCCC. The zero-order valence-electron chi connectivity index (χ0n) is 56.8. The molecule has 3 heterocycles. The fourth-order valence-electron chi connectivity index (χ4n) is 12.7. The van der Waals surface area contributed by atoms with Gasteiger partial charge in [0.05, 0.1) is 38.6 Å². The van der Waals surface area contributed by atoms with Crippen LogP contribution in [0.3, 0.4) is 0 Å². The molecule has 17 atom stereocenters. The average Bonchev–Trinajstić information content (AvgIpc) is 0.885. The van der Waals surface area contributed by atoms with Crippen molar-refractivity contribution in [2.45, 2.75) is 401 Å². The van der Waals surface area contributed by atoms with Crippen LogP contribution in [0.5, 0.6) is 0 Å². The zero-order chi connectivity index (χ0) is 66.1. The maximum absolute atomic E-state index is 13.4. The van der Waals surface area contributed by atoms with Crippen LogP contribution >= 0.6 is 0 Å². The summed E-state index contributed by atoms with van der Waals surface area (Å²) in [5, 5.41) is 121. The molecule has 3 saturated heterocycles. The number of amides is 1. The number of aliphatic hydroxyl groups excluding tert-OH is 11. The third-order valence-corrected chi connectivity index (χ3v) is 18.8. The third-order valence-electron chi connectivity index (χ3n) is 18.8. The number of carbonyl (C=O) groups is 1. The summed E-state index contributed by atoms with van der Waals surface area (Å²) < 4.78 is 34.4. The van der Waals surface area contributed by atoms with E-state index in [1.54, 1.807) is 6.08 Å². The first-order chi connectivity index (χ1) is 44.3. The van der Waals surface area contributed by atoms with Crippen molar-refractivity contribution in [1.29, 1.82) is 0 Å². The van der Waals surface area contributed by atoms with E-state index >= 15 is 0 Å². The Morgan fingerprint density at radius 3 is 1.10 bits per heavy atom. The monoisotopic (exact) mass is 1300 g/mol. The number of hydrogen-bond donors (Lipinski definition) is 12. The molecule has 3 aliphatic heterocycles. The normalized spacial score (nSPS) is 27.9. The smallest absolute Gasteiger partial charge is 0.220 e. The van der Waals surface area contributed by atoms with Gasteiger partial charge in [-0.1, -0.05) is 282 Å². The highest BCUT2D eigenvalue weighted by Gasteiger charge is 2.53. The van der Waals surface area contributed by atoms with Gasteiger partial charge in [-0.2, -0.15) is 0 Å². The van der Waals surface area contributed by atoms with Crippen LogP contribution < -0.4 is 5.32 Å². The van der Waals surface area contributed by atoms with Gasteiger partial charge in [-0.3, -0.25) is 4.79 Å². The highest BCUT2D eigenvalue weighted by atomic mass is 16.8. The first-order valence-electron chi connectivity index (χ1n) is 37.1. The minimum absolute atomic E-state index is 0.241. The number of aliphatic hydroxyl groups is 11. The predicted molar refractivity (Wildman–Crippen MR) is 356 cm³/mol. The summed E-state index contributed by atoms with van der Waals surface area (Å²) in [4.78, 5) is 13.4. The maximum Gasteiger partial charge on any atom is 0.220 e. The Balaban J connectivity index is 1.42. The summed E-state index contributed by atoms with van der Waals surface area (Å²) in [7, 11) is 0. The predicted octanol–water partition coefficient (Wildman–Crippen LogP) is 10.6. The van der Waals surface area contributed by atoms with Gasteiger partial charge in [-0.05, 0) is 32.1 Å². The molecule has 19 heteroatoms. The summed E-state index contributed by atoms with van der Waals surface area (Å²) in [6, 6.07) is -0.987. The minimum atomic E-state index is -1.98. The summed E-state index contributed by atoms with van der Waals surface area (Å²) in [6.45, 7) is 1.76. The van der Waals surface area contributed by atoms with E-state index in [0.29, 0.717) is 12.8 Å². The van der Waals surface area contributed by atoms with Crippen LogP contribution in [-0.2, 0) is 33.2 Å². The van der Waals surface area contributed by atoms with Gasteiger partial charge in [0.1, 0.15) is 73.2 Å². The lowest BCUT2D eigenvalue weighted by molar-refractivity contribution is -0.379. The van der Waals surface area contributed by atoms with Gasteiger partial charge in [-0.25, -0.2) is 0 Å². The standard InChI is InChI=1S/C72H135NO18/c1-3-5-7-9-11-13-15-17-19-21-23-24-25-26-27-28-29-30-32-33-35-37-39-41-43-45-47-49-56(77)55(73-60(78)50-48-46-44-42-40-38-36-34-31-22-20-18-16-14-12-10-8-6-4-2)54-86-70-66(84)63(81)68(58(52-75)88-70)91-72-67(85)64(82)69(59(53-76)89-72)90-71-65(83)62(80)61(79)57(51-74)87-71/h39,41,47,49,55-59,61-72,74-77,79-85H,3-38,40,42-46,48,50-54H2,1-2H3,(H,73,78)/b41-39+,49-47+. The van der Waals surface area contributed by atoms with Crippen molar-refractivity contribution in [3.63, 3.8) is 0 Å². The van der Waals surface area contributed by atoms with E-state index in [9.17, 15) is 61.0 Å². The second kappa shape index (κ2) is 54.3. The molecule has 0 aromatic heterocycles. The maximum atomic E-state index is 13.4. The van der Waals surface area contributed by atoms with Crippen LogP contribution in [0.4, 0.5) is 0 Å². The number of carbonyl (C=O) groups excluding carboxylic acids is 1. The van der Waals surface area contributed by atoms with E-state index < -0.39 is 124 Å². The second-order valence-electron chi connectivity index (χ2n) is 26.8. The molecule has 0 radical (unpaired) electrons. The molecule has 17 unspecified atom stereocenters. The Bertz CT molecular complexity index is 1750. The Morgan fingerprint density at radius 1 is 0.385 bits per heavy atom. The molecule has 3 aliphatic rings. The van der Waals surface area contributed by atoms with Crippen molar-refractivity contribution < 1.29 is 89.4 Å². The molecule has 12 N–H and O–H groups in total. The lowest BCUT2D eigenvalue weighted by Crippen LogP contribution is -2.66. The summed E-state index contributed by atoms with van der Waals surface area (Å²) >= 11 is 0. The van der Waals surface area contributed by atoms with E-state index in [-0.39, 0.29) is 18.9 Å². The Hall–Kier alpha value is -1.73. The van der Waals surface area contributed by atoms with Gasteiger partial charge in [0, 0.05) is 6.42 Å². The first kappa shape index (κ1) is 83.5. The third kappa shape index (κ3) is 35.9. The summed E-state index contributed by atoms with van der Waals surface area (Å²) in [6.07, 6.45) is 35.9. The molecule has 0 aromatic carbocycles. The molecule has 1 amide bonds. The van der Waals surface area contributed by atoms with E-state index in [2.05, 4.69) is 31.3 Å². The van der Waals surface area contributed by atoms with Gasteiger partial charge in [-0.15, -0.1) is 0 Å². The van der Waals surface area contributed by atoms with E-state index in [1.165, 1.54) is 225 Å². The van der Waals surface area contributed by atoms with E-state index in [1.807, 2.05) is 6.08 Å². The first-order valence-corrected chi connectivity index (χ1v) is 37.1. The fraction of sp³-hybridized carbons (Fsp3) is 0.931. The van der Waals surface area contributed by atoms with Gasteiger partial charge >= 0.3 is 0 Å². The molecule has 0 saturated carbocycles. The molecule has 0 aliphatic carbocycles. The topological polar surface area (TPSA) is 307 Å².